The highest BCUT2D eigenvalue weighted by Crippen LogP contribution is 2.64. The first-order valence-corrected chi connectivity index (χ1v) is 13.1. The van der Waals surface area contributed by atoms with Crippen molar-refractivity contribution in [2.24, 2.45) is 0 Å². The summed E-state index contributed by atoms with van der Waals surface area (Å²) in [6.45, 7) is 11.1. The summed E-state index contributed by atoms with van der Waals surface area (Å²) < 4.78 is 43.7. The molecule has 0 amide bonds. The quantitative estimate of drug-likeness (QED) is 0.542. The normalized spacial score (nSPS) is 26.7. The molecule has 0 aliphatic carbocycles. The van der Waals surface area contributed by atoms with Gasteiger partial charge in [-0.15, -0.1) is 0 Å². The summed E-state index contributed by atoms with van der Waals surface area (Å²) in [4.78, 5) is 0.333. The molecular weight excluding hydrogens is 379 g/mol. The summed E-state index contributed by atoms with van der Waals surface area (Å²) in [5.74, 6) is 0. The Bertz CT molecular complexity index is 867. The minimum Gasteiger partial charge on any atom is -0.306 e. The van der Waals surface area contributed by atoms with Crippen LogP contribution in [0.15, 0.2) is 40.8 Å². The molecule has 0 aromatic heterocycles. The van der Waals surface area contributed by atoms with Gasteiger partial charge < -0.3 is 4.57 Å². The van der Waals surface area contributed by atoms with Gasteiger partial charge in [0.25, 0.3) is 0 Å². The van der Waals surface area contributed by atoms with E-state index in [2.05, 4.69) is 32.4 Å². The Kier molecular flexibility index (Phi) is 5.75. The molecule has 2 unspecified atom stereocenters. The largest absolute Gasteiger partial charge is 0.306 e. The molecule has 7 heteroatoms. The second-order valence-corrected chi connectivity index (χ2v) is 13.1. The van der Waals surface area contributed by atoms with Crippen molar-refractivity contribution in [2.45, 2.75) is 63.7 Å². The number of rotatable bonds is 5. The molecule has 2 aliphatic rings. The lowest BCUT2D eigenvalue weighted by Gasteiger charge is -2.42. The first-order chi connectivity index (χ1) is 12.6. The van der Waals surface area contributed by atoms with Crippen LogP contribution in [0.2, 0.25) is 0 Å². The van der Waals surface area contributed by atoms with E-state index in [0.29, 0.717) is 30.6 Å². The molecule has 1 aromatic carbocycles. The number of hydrogen-bond donors (Lipinski definition) is 0. The number of allylic oxidation sites excluding steroid dienone is 1. The van der Waals surface area contributed by atoms with Crippen LogP contribution in [0.25, 0.3) is 0 Å². The van der Waals surface area contributed by atoms with Gasteiger partial charge in [-0.1, -0.05) is 23.8 Å². The van der Waals surface area contributed by atoms with E-state index in [1.165, 1.54) is 0 Å². The predicted octanol–water partition coefficient (Wildman–Crippen LogP) is 4.09. The lowest BCUT2D eigenvalue weighted by molar-refractivity contribution is 0.293. The van der Waals surface area contributed by atoms with Crippen LogP contribution in [-0.4, -0.2) is 54.4 Å². The van der Waals surface area contributed by atoms with E-state index in [0.717, 1.165) is 11.1 Å². The average Bonchev–Trinajstić information content (AvgIpc) is 2.91. The zero-order valence-corrected chi connectivity index (χ0v) is 18.6. The predicted molar refractivity (Wildman–Crippen MR) is 111 cm³/mol. The van der Waals surface area contributed by atoms with Crippen molar-refractivity contribution >= 4 is 17.3 Å². The van der Waals surface area contributed by atoms with E-state index in [-0.39, 0.29) is 17.7 Å². The van der Waals surface area contributed by atoms with Crippen LogP contribution < -0.4 is 0 Å². The maximum absolute atomic E-state index is 13.9. The highest BCUT2D eigenvalue weighted by molar-refractivity contribution is 7.89. The first-order valence-electron chi connectivity index (χ1n) is 9.70. The Morgan fingerprint density at radius 2 is 1.70 bits per heavy atom. The molecule has 0 spiro atoms. The van der Waals surface area contributed by atoms with Gasteiger partial charge in [0.1, 0.15) is 0 Å². The Hall–Kier alpha value is -0.940. The molecule has 1 fully saturated rings. The third-order valence-corrected chi connectivity index (χ3v) is 11.5. The number of sulfonamides is 1. The van der Waals surface area contributed by atoms with Gasteiger partial charge in [-0.2, -0.15) is 4.31 Å². The van der Waals surface area contributed by atoms with Crippen molar-refractivity contribution in [3.05, 3.63) is 41.5 Å². The fourth-order valence-corrected chi connectivity index (χ4v) is 10.1. The van der Waals surface area contributed by atoms with Crippen LogP contribution in [0.1, 0.15) is 39.7 Å². The minimum absolute atomic E-state index is 0.00762. The fourth-order valence-electron chi connectivity index (χ4n) is 4.57. The molecule has 0 bridgehead atoms. The topological polar surface area (TPSA) is 57.7 Å². The van der Waals surface area contributed by atoms with Gasteiger partial charge in [0.2, 0.25) is 10.0 Å². The highest BCUT2D eigenvalue weighted by atomic mass is 32.2. The molecule has 2 aliphatic heterocycles. The highest BCUT2D eigenvalue weighted by Gasteiger charge is 2.48. The number of hydrogen-bond acceptors (Lipinski definition) is 3. The molecule has 0 radical (unpaired) electrons. The fraction of sp³-hybridized carbons (Fsp3) is 0.600. The van der Waals surface area contributed by atoms with Gasteiger partial charge in [0.05, 0.1) is 4.90 Å². The standard InChI is InChI=1S/C20H31N2O3PS/c1-15(2)22(16(3)4)26(23)13-11-18-14-21(12-10-20(18)26)27(24,25)19-8-6-17(5)7-9-19/h6-9,11,15-16,20H,10,12-14H2,1-5H3. The summed E-state index contributed by atoms with van der Waals surface area (Å²) >= 11 is 0. The zero-order chi connectivity index (χ0) is 20.0. The maximum Gasteiger partial charge on any atom is 0.243 e. The van der Waals surface area contributed by atoms with E-state index < -0.39 is 17.3 Å². The molecule has 2 heterocycles. The lowest BCUT2D eigenvalue weighted by atomic mass is 10.1. The molecular formula is C20H31N2O3PS. The number of benzene rings is 1. The van der Waals surface area contributed by atoms with Crippen LogP contribution in [0, 0.1) is 6.92 Å². The third kappa shape index (κ3) is 3.69. The summed E-state index contributed by atoms with van der Waals surface area (Å²) in [7, 11) is -6.08. The first kappa shape index (κ1) is 20.8. The van der Waals surface area contributed by atoms with Crippen LogP contribution in [0.3, 0.4) is 0 Å². The Labute approximate surface area is 163 Å². The van der Waals surface area contributed by atoms with Crippen molar-refractivity contribution in [2.75, 3.05) is 19.3 Å². The third-order valence-electron chi connectivity index (χ3n) is 5.65. The Morgan fingerprint density at radius 3 is 2.26 bits per heavy atom. The van der Waals surface area contributed by atoms with Gasteiger partial charge in [0, 0.05) is 37.0 Å². The van der Waals surface area contributed by atoms with Crippen LogP contribution in [0.4, 0.5) is 0 Å². The van der Waals surface area contributed by atoms with Gasteiger partial charge in [-0.25, -0.2) is 13.1 Å². The number of fused-ring (bicyclic) bond motifs is 1. The Morgan fingerprint density at radius 1 is 1.11 bits per heavy atom. The van der Waals surface area contributed by atoms with E-state index in [1.807, 2.05) is 25.1 Å². The second-order valence-electron chi connectivity index (χ2n) is 8.24. The van der Waals surface area contributed by atoms with Crippen LogP contribution in [0.5, 0.6) is 0 Å². The molecule has 2 atom stereocenters. The summed E-state index contributed by atoms with van der Waals surface area (Å²) in [5, 5.41) is 0. The maximum atomic E-state index is 13.9. The molecule has 1 aromatic rings. The van der Waals surface area contributed by atoms with Crippen molar-refractivity contribution in [1.29, 1.82) is 0 Å². The van der Waals surface area contributed by atoms with Crippen molar-refractivity contribution in [3.8, 4) is 0 Å². The van der Waals surface area contributed by atoms with Gasteiger partial charge in [0.15, 0.2) is 7.29 Å². The van der Waals surface area contributed by atoms with Gasteiger partial charge in [-0.3, -0.25) is 0 Å². The summed E-state index contributed by atoms with van der Waals surface area (Å²) in [6, 6.07) is 7.40. The molecule has 150 valence electrons. The number of piperidine rings is 1. The molecule has 3 rings (SSSR count). The van der Waals surface area contributed by atoms with E-state index >= 15 is 0 Å². The molecule has 0 saturated carbocycles. The monoisotopic (exact) mass is 410 g/mol. The van der Waals surface area contributed by atoms with Crippen molar-refractivity contribution in [1.82, 2.24) is 8.98 Å². The Balaban J connectivity index is 1.83. The van der Waals surface area contributed by atoms with Gasteiger partial charge in [-0.05, 0) is 58.7 Å². The second kappa shape index (κ2) is 7.47. The van der Waals surface area contributed by atoms with E-state index in [1.54, 1.807) is 16.4 Å². The number of aryl methyl sites for hydroxylation is 1. The lowest BCUT2D eigenvalue weighted by Crippen LogP contribution is -2.43. The van der Waals surface area contributed by atoms with Crippen LogP contribution >= 0.6 is 7.29 Å². The van der Waals surface area contributed by atoms with Gasteiger partial charge >= 0.3 is 0 Å². The SMILES string of the molecule is Cc1ccc(S(=O)(=O)N2CCC3C(=CCP3(=O)N(C(C)C)C(C)C)C2)cc1. The van der Waals surface area contributed by atoms with E-state index in [4.69, 9.17) is 0 Å². The molecule has 5 nitrogen and oxygen atoms in total. The smallest absolute Gasteiger partial charge is 0.243 e. The van der Waals surface area contributed by atoms with E-state index in [9.17, 15) is 13.0 Å². The zero-order valence-electron chi connectivity index (χ0n) is 16.9. The summed E-state index contributed by atoms with van der Waals surface area (Å²) in [6.07, 6.45) is 3.23. The molecule has 0 N–H and O–H groups in total. The minimum atomic E-state index is -3.52. The van der Waals surface area contributed by atoms with Crippen molar-refractivity contribution in [3.63, 3.8) is 0 Å². The summed E-state index contributed by atoms with van der Waals surface area (Å²) in [5.41, 5.74) is 2.06. The molecule has 27 heavy (non-hydrogen) atoms. The molecule has 1 saturated heterocycles. The average molecular weight is 411 g/mol. The van der Waals surface area contributed by atoms with Crippen LogP contribution in [-0.2, 0) is 14.6 Å². The van der Waals surface area contributed by atoms with Crippen molar-refractivity contribution < 1.29 is 13.0 Å². The number of nitrogens with zero attached hydrogens (tertiary/aromatic N) is 2.